The third-order valence-corrected chi connectivity index (χ3v) is 2.77. The van der Waals surface area contributed by atoms with Gasteiger partial charge < -0.3 is 10.0 Å². The van der Waals surface area contributed by atoms with Crippen LogP contribution in [-0.2, 0) is 0 Å². The Hall–Kier alpha value is -0.0800. The van der Waals surface area contributed by atoms with Gasteiger partial charge in [-0.2, -0.15) is 0 Å². The summed E-state index contributed by atoms with van der Waals surface area (Å²) in [7, 11) is 2.09. The molecule has 0 atom stereocenters. The average Bonchev–Trinajstić information content (AvgIpc) is 2.14. The van der Waals surface area contributed by atoms with Gasteiger partial charge in [-0.1, -0.05) is 27.2 Å². The quantitative estimate of drug-likeness (QED) is 0.661. The molecule has 0 heterocycles. The first kappa shape index (κ1) is 12.9. The molecular weight excluding hydrogens is 162 g/mol. The molecule has 0 aromatic carbocycles. The Morgan fingerprint density at radius 1 is 1.15 bits per heavy atom. The van der Waals surface area contributed by atoms with E-state index in [-0.39, 0.29) is 0 Å². The van der Waals surface area contributed by atoms with E-state index in [9.17, 15) is 5.11 Å². The van der Waals surface area contributed by atoms with Gasteiger partial charge in [0.1, 0.15) is 0 Å². The summed E-state index contributed by atoms with van der Waals surface area (Å²) in [4.78, 5) is 2.23. The van der Waals surface area contributed by atoms with E-state index in [4.69, 9.17) is 0 Å². The van der Waals surface area contributed by atoms with Crippen LogP contribution in [0.2, 0.25) is 0 Å². The molecule has 2 heteroatoms. The monoisotopic (exact) mass is 187 g/mol. The summed E-state index contributed by atoms with van der Waals surface area (Å²) in [5, 5.41) is 10.1. The fraction of sp³-hybridized carbons (Fsp3) is 1.00. The van der Waals surface area contributed by atoms with Crippen LogP contribution in [0.1, 0.15) is 46.5 Å². The van der Waals surface area contributed by atoms with E-state index in [1.807, 2.05) is 0 Å². The molecule has 0 aliphatic rings. The van der Waals surface area contributed by atoms with Gasteiger partial charge in [0.05, 0.1) is 5.60 Å². The second-order valence-electron chi connectivity index (χ2n) is 4.02. The van der Waals surface area contributed by atoms with E-state index in [0.29, 0.717) is 0 Å². The summed E-state index contributed by atoms with van der Waals surface area (Å²) in [6.45, 7) is 8.20. The predicted octanol–water partition coefficient (Wildman–Crippen LogP) is 2.27. The maximum Gasteiger partial charge on any atom is 0.0768 e. The van der Waals surface area contributed by atoms with Crippen molar-refractivity contribution < 1.29 is 5.11 Å². The predicted molar refractivity (Wildman–Crippen MR) is 57.9 cm³/mol. The number of rotatable bonds is 7. The second-order valence-corrected chi connectivity index (χ2v) is 4.02. The van der Waals surface area contributed by atoms with E-state index in [0.717, 1.165) is 25.9 Å². The number of aliphatic hydroxyl groups is 1. The van der Waals surface area contributed by atoms with Gasteiger partial charge in [-0.3, -0.25) is 0 Å². The molecular formula is C11H25NO. The van der Waals surface area contributed by atoms with Crippen LogP contribution in [0.15, 0.2) is 0 Å². The highest BCUT2D eigenvalue weighted by Crippen LogP contribution is 2.15. The summed E-state index contributed by atoms with van der Waals surface area (Å²) >= 11 is 0. The van der Waals surface area contributed by atoms with Gasteiger partial charge in [-0.15, -0.1) is 0 Å². The fourth-order valence-electron chi connectivity index (χ4n) is 1.48. The van der Waals surface area contributed by atoms with Crippen LogP contribution >= 0.6 is 0 Å². The Labute approximate surface area is 82.9 Å². The third-order valence-electron chi connectivity index (χ3n) is 2.77. The normalized spacial score (nSPS) is 12.5. The van der Waals surface area contributed by atoms with Crippen molar-refractivity contribution in [1.29, 1.82) is 0 Å². The van der Waals surface area contributed by atoms with Crippen molar-refractivity contribution in [3.63, 3.8) is 0 Å². The molecule has 80 valence electrons. The van der Waals surface area contributed by atoms with E-state index < -0.39 is 5.60 Å². The molecule has 0 saturated heterocycles. The standard InChI is InChI=1S/C11H25NO/c1-5-8-9-12(4)10-11(13,6-2)7-3/h13H,5-10H2,1-4H3. The summed E-state index contributed by atoms with van der Waals surface area (Å²) in [5.74, 6) is 0. The van der Waals surface area contributed by atoms with Gasteiger partial charge in [0, 0.05) is 6.54 Å². The zero-order valence-electron chi connectivity index (χ0n) is 9.64. The number of likely N-dealkylation sites (N-methyl/N-ethyl adjacent to an activating group) is 1. The molecule has 0 spiro atoms. The number of unbranched alkanes of at least 4 members (excludes halogenated alkanes) is 1. The number of nitrogens with zero attached hydrogens (tertiary/aromatic N) is 1. The van der Waals surface area contributed by atoms with Crippen LogP contribution in [0, 0.1) is 0 Å². The van der Waals surface area contributed by atoms with E-state index in [1.165, 1.54) is 12.8 Å². The molecule has 0 amide bonds. The first-order valence-electron chi connectivity index (χ1n) is 5.49. The zero-order valence-corrected chi connectivity index (χ0v) is 9.64. The maximum absolute atomic E-state index is 10.1. The van der Waals surface area contributed by atoms with Crippen molar-refractivity contribution in [3.05, 3.63) is 0 Å². The largest absolute Gasteiger partial charge is 0.389 e. The van der Waals surface area contributed by atoms with E-state index >= 15 is 0 Å². The summed E-state index contributed by atoms with van der Waals surface area (Å²) in [6, 6.07) is 0. The minimum absolute atomic E-state index is 0.470. The van der Waals surface area contributed by atoms with Crippen LogP contribution < -0.4 is 0 Å². The Morgan fingerprint density at radius 3 is 2.08 bits per heavy atom. The van der Waals surface area contributed by atoms with Crippen molar-refractivity contribution in [2.24, 2.45) is 0 Å². The van der Waals surface area contributed by atoms with Gasteiger partial charge in [-0.25, -0.2) is 0 Å². The van der Waals surface area contributed by atoms with E-state index in [2.05, 4.69) is 32.7 Å². The average molecular weight is 187 g/mol. The van der Waals surface area contributed by atoms with Crippen molar-refractivity contribution in [3.8, 4) is 0 Å². The lowest BCUT2D eigenvalue weighted by molar-refractivity contribution is 0.00288. The SMILES string of the molecule is CCCCN(C)CC(O)(CC)CC. The summed E-state index contributed by atoms with van der Waals surface area (Å²) in [6.07, 6.45) is 4.14. The lowest BCUT2D eigenvalue weighted by Crippen LogP contribution is -2.40. The Bertz CT molecular complexity index is 121. The van der Waals surface area contributed by atoms with E-state index in [1.54, 1.807) is 0 Å². The molecule has 0 unspecified atom stereocenters. The molecule has 0 fully saturated rings. The lowest BCUT2D eigenvalue weighted by atomic mass is 9.97. The van der Waals surface area contributed by atoms with Gasteiger partial charge >= 0.3 is 0 Å². The van der Waals surface area contributed by atoms with Crippen molar-refractivity contribution >= 4 is 0 Å². The molecule has 0 saturated carbocycles. The highest BCUT2D eigenvalue weighted by atomic mass is 16.3. The molecule has 13 heavy (non-hydrogen) atoms. The first-order valence-corrected chi connectivity index (χ1v) is 5.49. The Morgan fingerprint density at radius 2 is 1.69 bits per heavy atom. The zero-order chi connectivity index (χ0) is 10.3. The molecule has 2 nitrogen and oxygen atoms in total. The van der Waals surface area contributed by atoms with Crippen molar-refractivity contribution in [1.82, 2.24) is 4.90 Å². The molecule has 0 aromatic rings. The molecule has 0 aliphatic carbocycles. The summed E-state index contributed by atoms with van der Waals surface area (Å²) < 4.78 is 0. The highest BCUT2D eigenvalue weighted by molar-refractivity contribution is 4.78. The van der Waals surface area contributed by atoms with Crippen LogP contribution in [0.4, 0.5) is 0 Å². The van der Waals surface area contributed by atoms with Gasteiger partial charge in [0.15, 0.2) is 0 Å². The van der Waals surface area contributed by atoms with Crippen LogP contribution in [0.5, 0.6) is 0 Å². The van der Waals surface area contributed by atoms with Crippen LogP contribution in [-0.4, -0.2) is 35.7 Å². The molecule has 1 N–H and O–H groups in total. The number of hydrogen-bond acceptors (Lipinski definition) is 2. The summed E-state index contributed by atoms with van der Waals surface area (Å²) in [5.41, 5.74) is -0.470. The third kappa shape index (κ3) is 5.27. The van der Waals surface area contributed by atoms with Crippen LogP contribution in [0.3, 0.4) is 0 Å². The maximum atomic E-state index is 10.1. The minimum atomic E-state index is -0.470. The highest BCUT2D eigenvalue weighted by Gasteiger charge is 2.23. The molecule has 0 aromatic heterocycles. The van der Waals surface area contributed by atoms with Crippen LogP contribution in [0.25, 0.3) is 0 Å². The minimum Gasteiger partial charge on any atom is -0.389 e. The van der Waals surface area contributed by atoms with Gasteiger partial charge in [0.2, 0.25) is 0 Å². The van der Waals surface area contributed by atoms with Gasteiger partial charge in [0.25, 0.3) is 0 Å². The Kier molecular flexibility index (Phi) is 6.35. The fourth-order valence-corrected chi connectivity index (χ4v) is 1.48. The molecule has 0 bridgehead atoms. The second kappa shape index (κ2) is 6.39. The molecule has 0 rings (SSSR count). The van der Waals surface area contributed by atoms with Crippen molar-refractivity contribution in [2.45, 2.75) is 52.1 Å². The molecule has 0 aliphatic heterocycles. The number of hydrogen-bond donors (Lipinski definition) is 1. The lowest BCUT2D eigenvalue weighted by Gasteiger charge is -2.30. The van der Waals surface area contributed by atoms with Gasteiger partial charge in [-0.05, 0) is 32.9 Å². The van der Waals surface area contributed by atoms with Crippen molar-refractivity contribution in [2.75, 3.05) is 20.1 Å². The Balaban J connectivity index is 3.79. The topological polar surface area (TPSA) is 23.5 Å². The first-order chi connectivity index (χ1) is 6.08. The smallest absolute Gasteiger partial charge is 0.0768 e. The molecule has 0 radical (unpaired) electrons.